The molecule has 0 bridgehead atoms. The van der Waals surface area contributed by atoms with Crippen molar-refractivity contribution in [2.45, 2.75) is 13.5 Å². The molecular weight excluding hydrogens is 384 g/mol. The van der Waals surface area contributed by atoms with E-state index in [9.17, 15) is 19.5 Å². The summed E-state index contributed by atoms with van der Waals surface area (Å²) >= 11 is 0. The zero-order chi connectivity index (χ0) is 21.8. The summed E-state index contributed by atoms with van der Waals surface area (Å²) in [5, 5.41) is 15.1. The molecule has 0 radical (unpaired) electrons. The Balaban J connectivity index is 1.84. The summed E-state index contributed by atoms with van der Waals surface area (Å²) in [5.74, 6) is -0.661. The van der Waals surface area contributed by atoms with Crippen LogP contribution in [0.2, 0.25) is 0 Å². The number of nitrogens with zero attached hydrogens (tertiary/aromatic N) is 2. The van der Waals surface area contributed by atoms with Crippen molar-refractivity contribution in [3.05, 3.63) is 80.1 Å². The van der Waals surface area contributed by atoms with Gasteiger partial charge in [0.2, 0.25) is 0 Å². The average molecular weight is 408 g/mol. The van der Waals surface area contributed by atoms with Gasteiger partial charge in [-0.15, -0.1) is 0 Å². The number of benzene rings is 2. The molecule has 0 saturated carbocycles. The Morgan fingerprint density at radius 1 is 0.967 bits per heavy atom. The first-order chi connectivity index (χ1) is 14.3. The minimum absolute atomic E-state index is 0.0521. The predicted octanol–water partition coefficient (Wildman–Crippen LogP) is 2.28. The second kappa shape index (κ2) is 8.79. The fraction of sp³-hybridized carbons (Fsp3) is 0.227. The zero-order valence-corrected chi connectivity index (χ0v) is 17.1. The Morgan fingerprint density at radius 2 is 1.63 bits per heavy atom. The maximum Gasteiger partial charge on any atom is 0.257 e. The number of amides is 1. The number of aromatic hydroxyl groups is 1. The minimum atomic E-state index is -0.683. The Morgan fingerprint density at radius 3 is 2.27 bits per heavy atom. The molecule has 0 atom stereocenters. The van der Waals surface area contributed by atoms with Crippen LogP contribution in [0.15, 0.2) is 58.1 Å². The van der Waals surface area contributed by atoms with Crippen LogP contribution >= 0.6 is 0 Å². The lowest BCUT2D eigenvalue weighted by Crippen LogP contribution is -2.41. The van der Waals surface area contributed by atoms with E-state index in [-0.39, 0.29) is 34.3 Å². The summed E-state index contributed by atoms with van der Waals surface area (Å²) in [4.78, 5) is 37.9. The van der Waals surface area contributed by atoms with Crippen molar-refractivity contribution in [1.29, 1.82) is 0 Å². The van der Waals surface area contributed by atoms with Gasteiger partial charge in [-0.25, -0.2) is 5.01 Å². The molecule has 0 spiro atoms. The van der Waals surface area contributed by atoms with Crippen LogP contribution < -0.4 is 21.6 Å². The number of hydrogen-bond acceptors (Lipinski definition) is 7. The lowest BCUT2D eigenvalue weighted by atomic mass is 10.1. The molecule has 3 aromatic carbocycles. The van der Waals surface area contributed by atoms with Gasteiger partial charge >= 0.3 is 0 Å². The Hall–Kier alpha value is -3.65. The van der Waals surface area contributed by atoms with Crippen molar-refractivity contribution < 1.29 is 9.90 Å². The Labute approximate surface area is 174 Å². The quantitative estimate of drug-likeness (QED) is 0.299. The van der Waals surface area contributed by atoms with Gasteiger partial charge < -0.3 is 20.7 Å². The van der Waals surface area contributed by atoms with Crippen LogP contribution in [-0.2, 0) is 6.54 Å². The number of hydrazine groups is 1. The van der Waals surface area contributed by atoms with Gasteiger partial charge in [-0.2, -0.15) is 0 Å². The van der Waals surface area contributed by atoms with Crippen molar-refractivity contribution in [2.24, 2.45) is 0 Å². The first-order valence-electron chi connectivity index (χ1n) is 9.53. The smallest absolute Gasteiger partial charge is 0.257 e. The summed E-state index contributed by atoms with van der Waals surface area (Å²) in [7, 11) is 3.15. The van der Waals surface area contributed by atoms with Crippen molar-refractivity contribution in [1.82, 2.24) is 9.91 Å². The molecule has 8 heteroatoms. The zero-order valence-electron chi connectivity index (χ0n) is 17.1. The van der Waals surface area contributed by atoms with Gasteiger partial charge in [-0.3, -0.25) is 14.4 Å². The standard InChI is InChI=1S/C22H24N4O4/c1-4-26(13-14-9-6-5-7-10-14)24-18-17(20(28)21(18)29)23-16-12-8-11-15(19(16)27)22(30)25(2)3/h5-12,23-24,27H,4,13H2,1-3H3. The second-order valence-electron chi connectivity index (χ2n) is 7.05. The second-order valence-corrected chi connectivity index (χ2v) is 7.05. The van der Waals surface area contributed by atoms with E-state index in [0.29, 0.717) is 13.1 Å². The fourth-order valence-corrected chi connectivity index (χ4v) is 3.00. The van der Waals surface area contributed by atoms with Crippen molar-refractivity contribution >= 4 is 23.0 Å². The number of hydrogen-bond donors (Lipinski definition) is 3. The van der Waals surface area contributed by atoms with Gasteiger partial charge in [0.15, 0.2) is 5.75 Å². The topological polar surface area (TPSA) is 102 Å². The minimum Gasteiger partial charge on any atom is -0.505 e. The number of nitrogens with one attached hydrogen (secondary N) is 2. The first kappa shape index (κ1) is 21.1. The van der Waals surface area contributed by atoms with Gasteiger partial charge in [0.1, 0.15) is 11.4 Å². The van der Waals surface area contributed by atoms with Crippen LogP contribution in [0.3, 0.4) is 0 Å². The van der Waals surface area contributed by atoms with Crippen molar-refractivity contribution in [2.75, 3.05) is 31.4 Å². The van der Waals surface area contributed by atoms with Crippen LogP contribution in [0.4, 0.5) is 17.1 Å². The molecule has 156 valence electrons. The fourth-order valence-electron chi connectivity index (χ4n) is 3.00. The Kier molecular flexibility index (Phi) is 6.17. The normalized spacial score (nSPS) is 10.9. The third-order valence-electron chi connectivity index (χ3n) is 4.71. The third-order valence-corrected chi connectivity index (χ3v) is 4.71. The lowest BCUT2D eigenvalue weighted by Gasteiger charge is -2.25. The maximum atomic E-state index is 12.2. The molecule has 0 unspecified atom stereocenters. The van der Waals surface area contributed by atoms with E-state index in [1.165, 1.54) is 17.0 Å². The number of carbonyl (C=O) groups excluding carboxylic acids is 1. The maximum absolute atomic E-state index is 12.2. The molecule has 0 heterocycles. The van der Waals surface area contributed by atoms with E-state index in [4.69, 9.17) is 0 Å². The molecule has 3 rings (SSSR count). The Bertz CT molecular complexity index is 1120. The first-order valence-corrected chi connectivity index (χ1v) is 9.53. The van der Waals surface area contributed by atoms with Crippen molar-refractivity contribution in [3.8, 4) is 5.75 Å². The highest BCUT2D eigenvalue weighted by Crippen LogP contribution is 2.32. The van der Waals surface area contributed by atoms with Gasteiger partial charge in [-0.05, 0) is 17.7 Å². The molecule has 0 fully saturated rings. The molecule has 0 aromatic heterocycles. The number of para-hydroxylation sites is 1. The number of phenolic OH excluding ortho intramolecular Hbond substituents is 1. The van der Waals surface area contributed by atoms with Gasteiger partial charge in [0.05, 0.1) is 11.3 Å². The third kappa shape index (κ3) is 4.18. The van der Waals surface area contributed by atoms with Crippen LogP contribution in [-0.4, -0.2) is 41.6 Å². The molecule has 0 aliphatic heterocycles. The summed E-state index contributed by atoms with van der Waals surface area (Å²) in [5.41, 5.74) is 3.17. The molecular formula is C22H24N4O4. The highest BCUT2D eigenvalue weighted by molar-refractivity contribution is 5.99. The largest absolute Gasteiger partial charge is 0.505 e. The summed E-state index contributed by atoms with van der Waals surface area (Å²) in [6, 6.07) is 14.3. The van der Waals surface area contributed by atoms with E-state index in [1.54, 1.807) is 20.2 Å². The number of phenols is 1. The van der Waals surface area contributed by atoms with E-state index in [0.717, 1.165) is 5.56 Å². The number of anilines is 3. The highest BCUT2D eigenvalue weighted by Gasteiger charge is 2.24. The molecule has 0 aliphatic rings. The SMILES string of the molecule is CCN(Cc1ccccc1)Nc1c(Nc2cccc(C(=O)N(C)C)c2O)c(=O)c1=O. The van der Waals surface area contributed by atoms with Gasteiger partial charge in [-0.1, -0.05) is 43.3 Å². The van der Waals surface area contributed by atoms with Gasteiger partial charge in [0, 0.05) is 27.2 Å². The van der Waals surface area contributed by atoms with Crippen molar-refractivity contribution in [3.63, 3.8) is 0 Å². The summed E-state index contributed by atoms with van der Waals surface area (Å²) in [6.45, 7) is 3.05. The van der Waals surface area contributed by atoms with E-state index >= 15 is 0 Å². The summed E-state index contributed by atoms with van der Waals surface area (Å²) < 4.78 is 0. The highest BCUT2D eigenvalue weighted by atomic mass is 16.3. The van der Waals surface area contributed by atoms with Crippen LogP contribution in [0.1, 0.15) is 22.8 Å². The predicted molar refractivity (Wildman–Crippen MR) is 117 cm³/mol. The van der Waals surface area contributed by atoms with Crippen LogP contribution in [0.25, 0.3) is 0 Å². The van der Waals surface area contributed by atoms with E-state index in [1.807, 2.05) is 42.3 Å². The van der Waals surface area contributed by atoms with E-state index < -0.39 is 10.9 Å². The molecule has 1 amide bonds. The average Bonchev–Trinajstić information content (AvgIpc) is 2.76. The molecule has 0 aliphatic carbocycles. The molecule has 0 saturated heterocycles. The molecule has 30 heavy (non-hydrogen) atoms. The van der Waals surface area contributed by atoms with Crippen LogP contribution in [0.5, 0.6) is 5.75 Å². The molecule has 3 N–H and O–H groups in total. The van der Waals surface area contributed by atoms with Crippen LogP contribution in [0, 0.1) is 0 Å². The number of carbonyl (C=O) groups is 1. The van der Waals surface area contributed by atoms with Gasteiger partial charge in [0.25, 0.3) is 16.8 Å². The number of rotatable bonds is 8. The lowest BCUT2D eigenvalue weighted by molar-refractivity contribution is 0.0824. The molecule has 8 nitrogen and oxygen atoms in total. The monoisotopic (exact) mass is 408 g/mol. The molecule has 3 aromatic rings. The van der Waals surface area contributed by atoms with E-state index in [2.05, 4.69) is 10.7 Å². The summed E-state index contributed by atoms with van der Waals surface area (Å²) in [6.07, 6.45) is 0.